The molecule has 0 saturated carbocycles. The maximum absolute atomic E-state index is 12.9. The topological polar surface area (TPSA) is 70.6 Å². The average Bonchev–Trinajstić information content (AvgIpc) is 3.04. The first-order valence-corrected chi connectivity index (χ1v) is 9.97. The van der Waals surface area contributed by atoms with Crippen LogP contribution in [-0.4, -0.2) is 54.4 Å². The maximum Gasteiger partial charge on any atom is 0.226 e. The minimum atomic E-state index is -3.15. The normalized spacial score (nSPS) is 24.0. The third-order valence-corrected chi connectivity index (χ3v) is 6.20. The number of carbonyl (C=O) groups is 1. The van der Waals surface area contributed by atoms with Gasteiger partial charge in [0.05, 0.1) is 12.3 Å². The Morgan fingerprint density at radius 3 is 2.39 bits per heavy atom. The van der Waals surface area contributed by atoms with Crippen LogP contribution in [0.2, 0.25) is 0 Å². The van der Waals surface area contributed by atoms with E-state index in [1.165, 1.54) is 10.6 Å². The highest BCUT2D eigenvalue weighted by Crippen LogP contribution is 2.34. The molecule has 7 heteroatoms. The van der Waals surface area contributed by atoms with E-state index in [4.69, 9.17) is 0 Å². The molecule has 1 atom stereocenters. The predicted molar refractivity (Wildman–Crippen MR) is 87.1 cm³/mol. The molecular weight excluding hydrogens is 314 g/mol. The standard InChI is InChI=1S/C16H23N3O3S/c1-23(21,22)18-11-6-14(7-12-18)16(20)19-10-2-3-15(19)13-4-8-17-9-5-13/h4-5,8-9,14-15H,2-3,6-7,10-12H2,1H3. The van der Waals surface area contributed by atoms with E-state index in [0.29, 0.717) is 25.9 Å². The van der Waals surface area contributed by atoms with Crippen molar-refractivity contribution in [2.45, 2.75) is 31.7 Å². The van der Waals surface area contributed by atoms with Crippen LogP contribution in [0.25, 0.3) is 0 Å². The molecule has 0 bridgehead atoms. The second-order valence-corrected chi connectivity index (χ2v) is 8.39. The van der Waals surface area contributed by atoms with Gasteiger partial charge in [-0.15, -0.1) is 0 Å². The number of aromatic nitrogens is 1. The molecule has 2 saturated heterocycles. The first kappa shape index (κ1) is 16.4. The van der Waals surface area contributed by atoms with Gasteiger partial charge in [0.2, 0.25) is 15.9 Å². The third-order valence-electron chi connectivity index (χ3n) is 4.90. The van der Waals surface area contributed by atoms with Crippen LogP contribution >= 0.6 is 0 Å². The number of sulfonamides is 1. The van der Waals surface area contributed by atoms with E-state index in [0.717, 1.165) is 24.9 Å². The summed E-state index contributed by atoms with van der Waals surface area (Å²) in [6, 6.07) is 4.09. The van der Waals surface area contributed by atoms with E-state index in [-0.39, 0.29) is 17.9 Å². The summed E-state index contributed by atoms with van der Waals surface area (Å²) >= 11 is 0. The number of hydrogen-bond acceptors (Lipinski definition) is 4. The van der Waals surface area contributed by atoms with Crippen molar-refractivity contribution in [3.05, 3.63) is 30.1 Å². The highest BCUT2D eigenvalue weighted by molar-refractivity contribution is 7.88. The summed E-state index contributed by atoms with van der Waals surface area (Å²) in [5.74, 6) is 0.118. The van der Waals surface area contributed by atoms with Crippen molar-refractivity contribution in [3.63, 3.8) is 0 Å². The van der Waals surface area contributed by atoms with Gasteiger partial charge in [-0.2, -0.15) is 0 Å². The van der Waals surface area contributed by atoms with Crippen molar-refractivity contribution in [2.24, 2.45) is 5.92 Å². The van der Waals surface area contributed by atoms with Gasteiger partial charge in [0.15, 0.2) is 0 Å². The summed E-state index contributed by atoms with van der Waals surface area (Å²) in [4.78, 5) is 18.9. The van der Waals surface area contributed by atoms with E-state index < -0.39 is 10.0 Å². The second-order valence-electron chi connectivity index (χ2n) is 6.41. The van der Waals surface area contributed by atoms with Crippen LogP contribution in [0.3, 0.4) is 0 Å². The minimum Gasteiger partial charge on any atom is -0.335 e. The van der Waals surface area contributed by atoms with Gasteiger partial charge in [0, 0.05) is 37.9 Å². The van der Waals surface area contributed by atoms with Crippen LogP contribution in [0.5, 0.6) is 0 Å². The summed E-state index contributed by atoms with van der Waals surface area (Å²) in [5, 5.41) is 0. The maximum atomic E-state index is 12.9. The van der Waals surface area contributed by atoms with Gasteiger partial charge >= 0.3 is 0 Å². The highest BCUT2D eigenvalue weighted by atomic mass is 32.2. The van der Waals surface area contributed by atoms with Crippen LogP contribution in [0.1, 0.15) is 37.3 Å². The Bertz CT molecular complexity index is 654. The lowest BCUT2D eigenvalue weighted by atomic mass is 9.95. The van der Waals surface area contributed by atoms with Crippen LogP contribution < -0.4 is 0 Å². The van der Waals surface area contributed by atoms with Crippen molar-refractivity contribution < 1.29 is 13.2 Å². The third kappa shape index (κ3) is 3.55. The molecule has 0 N–H and O–H groups in total. The van der Waals surface area contributed by atoms with E-state index in [9.17, 15) is 13.2 Å². The Hall–Kier alpha value is -1.47. The van der Waals surface area contributed by atoms with Crippen molar-refractivity contribution in [1.29, 1.82) is 0 Å². The fraction of sp³-hybridized carbons (Fsp3) is 0.625. The SMILES string of the molecule is CS(=O)(=O)N1CCC(C(=O)N2CCCC2c2ccncc2)CC1. The Morgan fingerprint density at radius 2 is 1.78 bits per heavy atom. The number of nitrogens with zero attached hydrogens (tertiary/aromatic N) is 3. The predicted octanol–water partition coefficient (Wildman–Crippen LogP) is 1.42. The van der Waals surface area contributed by atoms with Gasteiger partial charge in [-0.25, -0.2) is 12.7 Å². The van der Waals surface area contributed by atoms with Crippen molar-refractivity contribution in [3.8, 4) is 0 Å². The van der Waals surface area contributed by atoms with E-state index in [2.05, 4.69) is 4.98 Å². The fourth-order valence-electron chi connectivity index (χ4n) is 3.63. The zero-order chi connectivity index (χ0) is 16.4. The van der Waals surface area contributed by atoms with Crippen LogP contribution in [0.4, 0.5) is 0 Å². The Balaban J connectivity index is 1.66. The Morgan fingerprint density at radius 1 is 1.13 bits per heavy atom. The molecule has 2 aliphatic rings. The van der Waals surface area contributed by atoms with E-state index in [1.807, 2.05) is 17.0 Å². The Labute approximate surface area is 137 Å². The smallest absolute Gasteiger partial charge is 0.226 e. The first-order chi connectivity index (χ1) is 11.0. The quantitative estimate of drug-likeness (QED) is 0.836. The number of hydrogen-bond donors (Lipinski definition) is 0. The lowest BCUT2D eigenvalue weighted by Gasteiger charge is -2.34. The van der Waals surface area contributed by atoms with Crippen LogP contribution in [0, 0.1) is 5.92 Å². The number of carbonyl (C=O) groups excluding carboxylic acids is 1. The molecule has 1 aromatic rings. The number of likely N-dealkylation sites (tertiary alicyclic amines) is 1. The van der Waals surface area contributed by atoms with Crippen LogP contribution in [-0.2, 0) is 14.8 Å². The Kier molecular flexibility index (Phi) is 4.68. The monoisotopic (exact) mass is 337 g/mol. The molecule has 126 valence electrons. The summed E-state index contributed by atoms with van der Waals surface area (Å²) in [7, 11) is -3.15. The number of piperidine rings is 1. The molecule has 2 fully saturated rings. The summed E-state index contributed by atoms with van der Waals surface area (Å²) < 4.78 is 24.6. The average molecular weight is 337 g/mol. The second kappa shape index (κ2) is 6.57. The van der Waals surface area contributed by atoms with Crippen LogP contribution in [0.15, 0.2) is 24.5 Å². The molecule has 0 spiro atoms. The van der Waals surface area contributed by atoms with Gasteiger partial charge in [-0.3, -0.25) is 9.78 Å². The molecular formula is C16H23N3O3S. The zero-order valence-electron chi connectivity index (χ0n) is 13.4. The molecule has 0 radical (unpaired) electrons. The summed E-state index contributed by atoms with van der Waals surface area (Å²) in [5.41, 5.74) is 1.14. The van der Waals surface area contributed by atoms with Gasteiger partial charge in [-0.05, 0) is 43.4 Å². The van der Waals surface area contributed by atoms with Gasteiger partial charge in [-0.1, -0.05) is 0 Å². The van der Waals surface area contributed by atoms with Gasteiger partial charge < -0.3 is 4.90 Å². The van der Waals surface area contributed by atoms with Gasteiger partial charge in [0.1, 0.15) is 0 Å². The lowest BCUT2D eigenvalue weighted by molar-refractivity contribution is -0.137. The number of pyridine rings is 1. The zero-order valence-corrected chi connectivity index (χ0v) is 14.2. The molecule has 1 aromatic heterocycles. The van der Waals surface area contributed by atoms with Crippen molar-refractivity contribution >= 4 is 15.9 Å². The highest BCUT2D eigenvalue weighted by Gasteiger charge is 2.36. The summed E-state index contributed by atoms with van der Waals surface area (Å²) in [6.07, 6.45) is 7.99. The molecule has 23 heavy (non-hydrogen) atoms. The molecule has 0 aromatic carbocycles. The molecule has 2 aliphatic heterocycles. The lowest BCUT2D eigenvalue weighted by Crippen LogP contribution is -2.43. The number of rotatable bonds is 3. The molecule has 0 aliphatic carbocycles. The van der Waals surface area contributed by atoms with Crippen molar-refractivity contribution in [2.75, 3.05) is 25.9 Å². The fourth-order valence-corrected chi connectivity index (χ4v) is 4.51. The molecule has 3 heterocycles. The molecule has 1 amide bonds. The molecule has 3 rings (SSSR count). The minimum absolute atomic E-state index is 0.0598. The largest absolute Gasteiger partial charge is 0.335 e. The van der Waals surface area contributed by atoms with Crippen molar-refractivity contribution in [1.82, 2.24) is 14.2 Å². The van der Waals surface area contributed by atoms with E-state index >= 15 is 0 Å². The first-order valence-electron chi connectivity index (χ1n) is 8.12. The molecule has 6 nitrogen and oxygen atoms in total. The van der Waals surface area contributed by atoms with Gasteiger partial charge in [0.25, 0.3) is 0 Å². The number of amides is 1. The molecule has 1 unspecified atom stereocenters. The summed E-state index contributed by atoms with van der Waals surface area (Å²) in [6.45, 7) is 1.68. The van der Waals surface area contributed by atoms with E-state index in [1.54, 1.807) is 12.4 Å².